The van der Waals surface area contributed by atoms with Crippen LogP contribution in [0.25, 0.3) is 0 Å². The van der Waals surface area contributed by atoms with Gasteiger partial charge in [0.2, 0.25) is 5.91 Å². The minimum atomic E-state index is -0.0444. The normalized spacial score (nSPS) is 14.8. The second-order valence-corrected chi connectivity index (χ2v) is 7.12. The first-order valence-electron chi connectivity index (χ1n) is 7.88. The van der Waals surface area contributed by atoms with Gasteiger partial charge in [0.25, 0.3) is 5.91 Å². The Balaban J connectivity index is 2.12. The van der Waals surface area contributed by atoms with Crippen LogP contribution in [0.4, 0.5) is 0 Å². The third kappa shape index (κ3) is 3.93. The van der Waals surface area contributed by atoms with E-state index >= 15 is 0 Å². The molecule has 2 amide bonds. The van der Waals surface area contributed by atoms with Gasteiger partial charge in [-0.3, -0.25) is 9.59 Å². The summed E-state index contributed by atoms with van der Waals surface area (Å²) >= 11 is 2.13. The Kier molecular flexibility index (Phi) is 6.31. The molecule has 0 aromatic heterocycles. The fourth-order valence-electron chi connectivity index (χ4n) is 2.68. The average molecular weight is 446 g/mol. The summed E-state index contributed by atoms with van der Waals surface area (Å²) in [6.07, 6.45) is 0. The monoisotopic (exact) mass is 446 g/mol. The van der Waals surface area contributed by atoms with Crippen LogP contribution in [0, 0.1) is 9.49 Å². The molecule has 1 aromatic carbocycles. The first-order chi connectivity index (χ1) is 11.4. The highest BCUT2D eigenvalue weighted by Crippen LogP contribution is 2.32. The average Bonchev–Trinajstić information content (AvgIpc) is 2.60. The lowest BCUT2D eigenvalue weighted by molar-refractivity contribution is -0.135. The van der Waals surface area contributed by atoms with Crippen molar-refractivity contribution in [1.82, 2.24) is 9.80 Å². The van der Waals surface area contributed by atoms with E-state index in [9.17, 15) is 9.59 Å². The number of amides is 2. The number of benzene rings is 1. The Morgan fingerprint density at radius 3 is 2.00 bits per heavy atom. The van der Waals surface area contributed by atoms with Gasteiger partial charge >= 0.3 is 0 Å². The summed E-state index contributed by atoms with van der Waals surface area (Å²) in [6, 6.07) is 3.51. The largest absolute Gasteiger partial charge is 0.493 e. The highest BCUT2D eigenvalue weighted by atomic mass is 127. The van der Waals surface area contributed by atoms with Crippen molar-refractivity contribution in [2.75, 3.05) is 40.4 Å². The molecule has 1 aliphatic heterocycles. The molecular formula is C17H23IN2O4. The van der Waals surface area contributed by atoms with Crippen molar-refractivity contribution in [2.24, 2.45) is 5.92 Å². The molecule has 0 N–H and O–H groups in total. The second kappa shape index (κ2) is 8.04. The van der Waals surface area contributed by atoms with E-state index in [-0.39, 0.29) is 17.7 Å². The fourth-order valence-corrected chi connectivity index (χ4v) is 3.35. The van der Waals surface area contributed by atoms with Gasteiger partial charge in [0, 0.05) is 35.7 Å². The van der Waals surface area contributed by atoms with Crippen LogP contribution in [-0.2, 0) is 4.79 Å². The van der Waals surface area contributed by atoms with E-state index in [4.69, 9.17) is 9.47 Å². The first-order valence-corrected chi connectivity index (χ1v) is 8.96. The molecule has 1 heterocycles. The summed E-state index contributed by atoms with van der Waals surface area (Å²) in [5, 5.41) is 0. The number of ether oxygens (including phenoxy) is 2. The lowest BCUT2D eigenvalue weighted by Gasteiger charge is -2.35. The molecule has 1 aliphatic rings. The SMILES string of the molecule is COc1cc(I)c(C(=O)N2CCN(C(=O)C(C)C)CC2)cc1OC. The smallest absolute Gasteiger partial charge is 0.255 e. The predicted molar refractivity (Wildman–Crippen MR) is 99.6 cm³/mol. The molecule has 24 heavy (non-hydrogen) atoms. The minimum Gasteiger partial charge on any atom is -0.493 e. The topological polar surface area (TPSA) is 59.1 Å². The molecule has 0 aliphatic carbocycles. The first kappa shape index (κ1) is 18.8. The van der Waals surface area contributed by atoms with E-state index in [1.165, 1.54) is 0 Å². The number of halogens is 1. The Labute approximate surface area is 156 Å². The van der Waals surface area contributed by atoms with Crippen LogP contribution in [0.1, 0.15) is 24.2 Å². The van der Waals surface area contributed by atoms with Gasteiger partial charge in [-0.2, -0.15) is 0 Å². The molecule has 0 unspecified atom stereocenters. The summed E-state index contributed by atoms with van der Waals surface area (Å²) in [4.78, 5) is 28.5. The summed E-state index contributed by atoms with van der Waals surface area (Å²) in [5.74, 6) is 1.22. The summed E-state index contributed by atoms with van der Waals surface area (Å²) in [7, 11) is 3.12. The lowest BCUT2D eigenvalue weighted by atomic mass is 10.1. The third-order valence-corrected chi connectivity index (χ3v) is 4.97. The maximum Gasteiger partial charge on any atom is 0.255 e. The molecule has 2 rings (SSSR count). The highest BCUT2D eigenvalue weighted by Gasteiger charge is 2.27. The zero-order valence-corrected chi connectivity index (χ0v) is 16.6. The van der Waals surface area contributed by atoms with Gasteiger partial charge in [-0.15, -0.1) is 0 Å². The van der Waals surface area contributed by atoms with E-state index in [1.807, 2.05) is 18.7 Å². The maximum atomic E-state index is 12.8. The maximum absolute atomic E-state index is 12.8. The van der Waals surface area contributed by atoms with Gasteiger partial charge in [-0.25, -0.2) is 0 Å². The van der Waals surface area contributed by atoms with Crippen LogP contribution < -0.4 is 9.47 Å². The molecule has 0 radical (unpaired) electrons. The van der Waals surface area contributed by atoms with Gasteiger partial charge in [-0.1, -0.05) is 13.8 Å². The molecule has 132 valence electrons. The van der Waals surface area contributed by atoms with Gasteiger partial charge in [0.15, 0.2) is 11.5 Å². The van der Waals surface area contributed by atoms with Crippen molar-refractivity contribution < 1.29 is 19.1 Å². The third-order valence-electron chi connectivity index (χ3n) is 4.08. The quantitative estimate of drug-likeness (QED) is 0.666. The van der Waals surface area contributed by atoms with Crippen molar-refractivity contribution in [3.8, 4) is 11.5 Å². The van der Waals surface area contributed by atoms with Crippen LogP contribution in [0.5, 0.6) is 11.5 Å². The van der Waals surface area contributed by atoms with Crippen molar-refractivity contribution in [3.63, 3.8) is 0 Å². The number of hydrogen-bond donors (Lipinski definition) is 0. The Bertz CT molecular complexity index is 625. The number of carbonyl (C=O) groups excluding carboxylic acids is 2. The van der Waals surface area contributed by atoms with Crippen LogP contribution in [0.15, 0.2) is 12.1 Å². The van der Waals surface area contributed by atoms with E-state index < -0.39 is 0 Å². The predicted octanol–water partition coefficient (Wildman–Crippen LogP) is 2.25. The summed E-state index contributed by atoms with van der Waals surface area (Å²) in [5.41, 5.74) is 0.594. The van der Waals surface area contributed by atoms with Crippen molar-refractivity contribution in [1.29, 1.82) is 0 Å². The number of hydrogen-bond acceptors (Lipinski definition) is 4. The van der Waals surface area contributed by atoms with Crippen LogP contribution in [-0.4, -0.2) is 62.0 Å². The molecule has 1 saturated heterocycles. The molecule has 1 fully saturated rings. The molecule has 0 atom stereocenters. The molecule has 0 saturated carbocycles. The van der Waals surface area contributed by atoms with Crippen molar-refractivity contribution in [3.05, 3.63) is 21.3 Å². The van der Waals surface area contributed by atoms with Crippen LogP contribution in [0.3, 0.4) is 0 Å². The van der Waals surface area contributed by atoms with E-state index in [1.54, 1.807) is 31.3 Å². The van der Waals surface area contributed by atoms with Crippen LogP contribution in [0.2, 0.25) is 0 Å². The zero-order chi connectivity index (χ0) is 17.9. The van der Waals surface area contributed by atoms with Gasteiger partial charge < -0.3 is 19.3 Å². The molecule has 0 spiro atoms. The van der Waals surface area contributed by atoms with Gasteiger partial charge in [0.1, 0.15) is 0 Å². The van der Waals surface area contributed by atoms with E-state index in [2.05, 4.69) is 22.6 Å². The van der Waals surface area contributed by atoms with Gasteiger partial charge in [-0.05, 0) is 34.7 Å². The van der Waals surface area contributed by atoms with Crippen LogP contribution >= 0.6 is 22.6 Å². The number of piperazine rings is 1. The number of rotatable bonds is 4. The fraction of sp³-hybridized carbons (Fsp3) is 0.529. The molecule has 0 bridgehead atoms. The summed E-state index contributed by atoms with van der Waals surface area (Å²) < 4.78 is 11.4. The second-order valence-electron chi connectivity index (χ2n) is 5.96. The number of nitrogens with zero attached hydrogens (tertiary/aromatic N) is 2. The molecule has 1 aromatic rings. The summed E-state index contributed by atoms with van der Waals surface area (Å²) in [6.45, 7) is 6.03. The molecule has 6 nitrogen and oxygen atoms in total. The Hall–Kier alpha value is -1.51. The van der Waals surface area contributed by atoms with Crippen molar-refractivity contribution >= 4 is 34.4 Å². The molecular weight excluding hydrogens is 423 g/mol. The number of methoxy groups -OCH3 is 2. The standard InChI is InChI=1S/C17H23IN2O4/c1-11(2)16(21)19-5-7-20(8-6-19)17(22)12-9-14(23-3)15(24-4)10-13(12)18/h9-11H,5-8H2,1-4H3. The van der Waals surface area contributed by atoms with E-state index in [0.717, 1.165) is 3.57 Å². The number of carbonyl (C=O) groups is 2. The zero-order valence-electron chi connectivity index (χ0n) is 14.5. The lowest BCUT2D eigenvalue weighted by Crippen LogP contribution is -2.51. The Morgan fingerprint density at radius 1 is 1.00 bits per heavy atom. The molecule has 7 heteroatoms. The van der Waals surface area contributed by atoms with Crippen molar-refractivity contribution in [2.45, 2.75) is 13.8 Å². The van der Waals surface area contributed by atoms with Gasteiger partial charge in [0.05, 0.1) is 19.8 Å². The minimum absolute atomic E-state index is 0.0148. The Morgan fingerprint density at radius 2 is 1.50 bits per heavy atom. The highest BCUT2D eigenvalue weighted by molar-refractivity contribution is 14.1. The van der Waals surface area contributed by atoms with E-state index in [0.29, 0.717) is 43.2 Å².